The summed E-state index contributed by atoms with van der Waals surface area (Å²) in [6, 6.07) is 10.3. The largest absolute Gasteiger partial charge is 0.391 e. The van der Waals surface area contributed by atoms with Gasteiger partial charge >= 0.3 is 0 Å². The molecule has 1 aliphatic carbocycles. The third-order valence-corrected chi connectivity index (χ3v) is 3.10. The molecule has 0 radical (unpaired) electrons. The Bertz CT molecular complexity index is 330. The molecule has 0 aliphatic heterocycles. The second-order valence-corrected chi connectivity index (χ2v) is 4.56. The summed E-state index contributed by atoms with van der Waals surface area (Å²) in [5.74, 6) is 0. The van der Waals surface area contributed by atoms with Gasteiger partial charge in [-0.3, -0.25) is 0 Å². The molecule has 1 aromatic carbocycles. The zero-order chi connectivity index (χ0) is 11.3. The smallest absolute Gasteiger partial charge is 0.0717 e. The van der Waals surface area contributed by atoms with Gasteiger partial charge in [-0.1, -0.05) is 36.9 Å². The molecule has 0 atom stereocenters. The van der Waals surface area contributed by atoms with Crippen molar-refractivity contribution in [3.8, 4) is 0 Å². The topological polar surface area (TPSA) is 21.3 Å². The quantitative estimate of drug-likeness (QED) is 0.758. The van der Waals surface area contributed by atoms with E-state index in [0.29, 0.717) is 5.41 Å². The van der Waals surface area contributed by atoms with Gasteiger partial charge in [-0.25, -0.2) is 0 Å². The number of hydrogen-bond acceptors (Lipinski definition) is 2. The maximum absolute atomic E-state index is 5.77. The molecule has 0 unspecified atom stereocenters. The molecule has 0 heterocycles. The van der Waals surface area contributed by atoms with E-state index in [9.17, 15) is 0 Å². The molecule has 1 N–H and O–H groups in total. The monoisotopic (exact) mass is 217 g/mol. The van der Waals surface area contributed by atoms with Crippen LogP contribution in [0.15, 0.2) is 43.1 Å². The van der Waals surface area contributed by atoms with Gasteiger partial charge in [0.15, 0.2) is 0 Å². The fourth-order valence-corrected chi connectivity index (χ4v) is 1.80. The summed E-state index contributed by atoms with van der Waals surface area (Å²) < 4.78 is 5.77. The van der Waals surface area contributed by atoms with Gasteiger partial charge in [-0.2, -0.15) is 0 Å². The maximum Gasteiger partial charge on any atom is 0.0717 e. The van der Waals surface area contributed by atoms with E-state index >= 15 is 0 Å². The second-order valence-electron chi connectivity index (χ2n) is 4.56. The minimum absolute atomic E-state index is 0.378. The van der Waals surface area contributed by atoms with E-state index in [1.165, 1.54) is 18.4 Å². The predicted octanol–water partition coefficient (Wildman–Crippen LogP) is 2.72. The van der Waals surface area contributed by atoms with Crippen molar-refractivity contribution in [1.82, 2.24) is 5.32 Å². The highest BCUT2D eigenvalue weighted by Gasteiger charge is 2.42. The summed E-state index contributed by atoms with van der Waals surface area (Å²) in [5, 5.41) is 3.18. The highest BCUT2D eigenvalue weighted by atomic mass is 16.5. The summed E-state index contributed by atoms with van der Waals surface area (Å²) in [4.78, 5) is 0. The lowest BCUT2D eigenvalue weighted by atomic mass is 10.1. The highest BCUT2D eigenvalue weighted by molar-refractivity contribution is 5.13. The summed E-state index contributed by atoms with van der Waals surface area (Å²) >= 11 is 0. The van der Waals surface area contributed by atoms with Crippen LogP contribution in [0, 0.1) is 5.41 Å². The molecule has 16 heavy (non-hydrogen) atoms. The Kier molecular flexibility index (Phi) is 3.62. The van der Waals surface area contributed by atoms with Crippen molar-refractivity contribution in [2.45, 2.75) is 19.4 Å². The molecule has 1 fully saturated rings. The Labute approximate surface area is 97.3 Å². The first-order chi connectivity index (χ1) is 7.85. The molecule has 1 aliphatic rings. The zero-order valence-corrected chi connectivity index (χ0v) is 9.61. The van der Waals surface area contributed by atoms with Crippen LogP contribution in [-0.2, 0) is 11.3 Å². The number of hydrogen-bond donors (Lipinski definition) is 1. The Balaban J connectivity index is 1.70. The lowest BCUT2D eigenvalue weighted by Crippen LogP contribution is -2.23. The number of ether oxygens (including phenoxy) is 1. The van der Waals surface area contributed by atoms with Crippen LogP contribution < -0.4 is 5.32 Å². The van der Waals surface area contributed by atoms with Crippen LogP contribution in [0.25, 0.3) is 0 Å². The van der Waals surface area contributed by atoms with Crippen LogP contribution in [0.5, 0.6) is 0 Å². The molecule has 0 amide bonds. The van der Waals surface area contributed by atoms with Gasteiger partial charge in [0.1, 0.15) is 0 Å². The van der Waals surface area contributed by atoms with Gasteiger partial charge in [0, 0.05) is 12.0 Å². The van der Waals surface area contributed by atoms with Crippen molar-refractivity contribution >= 4 is 0 Å². The molecule has 1 aromatic rings. The first-order valence-electron chi connectivity index (χ1n) is 5.81. The summed E-state index contributed by atoms with van der Waals surface area (Å²) in [7, 11) is 0. The van der Waals surface area contributed by atoms with Gasteiger partial charge in [0.2, 0.25) is 0 Å². The fourth-order valence-electron chi connectivity index (χ4n) is 1.80. The zero-order valence-electron chi connectivity index (χ0n) is 9.61. The van der Waals surface area contributed by atoms with E-state index < -0.39 is 0 Å². The van der Waals surface area contributed by atoms with E-state index in [2.05, 4.69) is 24.0 Å². The van der Waals surface area contributed by atoms with Gasteiger partial charge in [0.25, 0.3) is 0 Å². The molecule has 0 saturated heterocycles. The molecule has 86 valence electrons. The highest BCUT2D eigenvalue weighted by Crippen LogP contribution is 2.45. The molecule has 2 heteroatoms. The van der Waals surface area contributed by atoms with E-state index in [1.807, 2.05) is 18.2 Å². The summed E-state index contributed by atoms with van der Waals surface area (Å²) in [6.07, 6.45) is 4.29. The Morgan fingerprint density at radius 2 is 2.06 bits per heavy atom. The van der Waals surface area contributed by atoms with Crippen LogP contribution in [0.3, 0.4) is 0 Å². The molecular formula is C14H19NO. The third kappa shape index (κ3) is 3.11. The normalized spacial score (nSPS) is 16.8. The van der Waals surface area contributed by atoms with Gasteiger partial charge in [-0.15, -0.1) is 0 Å². The number of rotatable bonds is 7. The van der Waals surface area contributed by atoms with E-state index in [0.717, 1.165) is 19.8 Å². The average Bonchev–Trinajstić information content (AvgIpc) is 3.09. The molecule has 0 bridgehead atoms. The lowest BCUT2D eigenvalue weighted by molar-refractivity contribution is 0.0789. The standard InChI is InChI=1S/C14H19NO/c1-2-15-11-14(8-9-14)12-16-10-13-6-4-3-5-7-13/h2-7,15H,1,8-12H2. The Hall–Kier alpha value is -1.28. The fraction of sp³-hybridized carbons (Fsp3) is 0.429. The first kappa shape index (κ1) is 11.2. The van der Waals surface area contributed by atoms with Crippen LogP contribution in [-0.4, -0.2) is 13.2 Å². The predicted molar refractivity (Wildman–Crippen MR) is 66.0 cm³/mol. The second kappa shape index (κ2) is 5.17. The number of benzene rings is 1. The van der Waals surface area contributed by atoms with Crippen molar-refractivity contribution in [2.24, 2.45) is 5.41 Å². The molecule has 1 saturated carbocycles. The third-order valence-electron chi connectivity index (χ3n) is 3.10. The SMILES string of the molecule is C=CNCC1(COCc2ccccc2)CC1. The number of nitrogens with one attached hydrogen (secondary N) is 1. The molecule has 0 aromatic heterocycles. The molecule has 2 nitrogen and oxygen atoms in total. The van der Waals surface area contributed by atoms with Gasteiger partial charge in [0.05, 0.1) is 13.2 Å². The summed E-state index contributed by atoms with van der Waals surface area (Å²) in [6.45, 7) is 6.23. The van der Waals surface area contributed by atoms with Crippen molar-refractivity contribution in [3.05, 3.63) is 48.7 Å². The van der Waals surface area contributed by atoms with E-state index in [1.54, 1.807) is 6.20 Å². The van der Waals surface area contributed by atoms with Crippen LogP contribution in [0.1, 0.15) is 18.4 Å². The molecule has 0 spiro atoms. The maximum atomic E-state index is 5.77. The van der Waals surface area contributed by atoms with Crippen molar-refractivity contribution < 1.29 is 4.74 Å². The van der Waals surface area contributed by atoms with Crippen molar-refractivity contribution in [3.63, 3.8) is 0 Å². The Morgan fingerprint density at radius 3 is 2.69 bits per heavy atom. The average molecular weight is 217 g/mol. The first-order valence-corrected chi connectivity index (χ1v) is 5.81. The van der Waals surface area contributed by atoms with Gasteiger partial charge in [-0.05, 0) is 24.6 Å². The summed E-state index contributed by atoms with van der Waals surface area (Å²) in [5.41, 5.74) is 1.62. The van der Waals surface area contributed by atoms with Crippen LogP contribution in [0.4, 0.5) is 0 Å². The molecule has 2 rings (SSSR count). The van der Waals surface area contributed by atoms with Crippen molar-refractivity contribution in [2.75, 3.05) is 13.2 Å². The van der Waals surface area contributed by atoms with E-state index in [-0.39, 0.29) is 0 Å². The minimum Gasteiger partial charge on any atom is -0.391 e. The van der Waals surface area contributed by atoms with E-state index in [4.69, 9.17) is 4.74 Å². The van der Waals surface area contributed by atoms with Crippen LogP contribution >= 0.6 is 0 Å². The van der Waals surface area contributed by atoms with Crippen LogP contribution in [0.2, 0.25) is 0 Å². The molecular weight excluding hydrogens is 198 g/mol. The Morgan fingerprint density at radius 1 is 1.31 bits per heavy atom. The van der Waals surface area contributed by atoms with Gasteiger partial charge < -0.3 is 10.1 Å². The lowest BCUT2D eigenvalue weighted by Gasteiger charge is -2.15. The minimum atomic E-state index is 0.378. The van der Waals surface area contributed by atoms with Crippen molar-refractivity contribution in [1.29, 1.82) is 0 Å².